The highest BCUT2D eigenvalue weighted by Gasteiger charge is 2.43. The molecule has 45 heavy (non-hydrogen) atoms. The lowest BCUT2D eigenvalue weighted by atomic mass is 9.68. The van der Waals surface area contributed by atoms with Crippen molar-refractivity contribution >= 4 is 14.2 Å². The Balaban J connectivity index is 1.98. The van der Waals surface area contributed by atoms with Gasteiger partial charge in [0, 0.05) is 39.1 Å². The molecule has 1 amide bonds. The maximum Gasteiger partial charge on any atom is 0.222 e. The number of nitrogens with zero attached hydrogens (tertiary/aromatic N) is 1. The van der Waals surface area contributed by atoms with Gasteiger partial charge in [-0.15, -0.1) is 0 Å². The summed E-state index contributed by atoms with van der Waals surface area (Å²) in [5.41, 5.74) is 3.45. The number of hydrogen-bond acceptors (Lipinski definition) is 3. The molecule has 5 heteroatoms. The highest BCUT2D eigenvalue weighted by molar-refractivity contribution is 6.74. The third-order valence-corrected chi connectivity index (χ3v) is 14.8. The molecule has 0 saturated carbocycles. The largest absolute Gasteiger partial charge is 0.417 e. The SMILES string of the molecule is C/C=C(\C)[C@@](C)(CC(=O)N(C)C)[C@H](CCCOC(c1ccccc1)(c1ccccc1)c1ccccc1)CO[Si](C)(C)C(C)(C)C. The van der Waals surface area contributed by atoms with Crippen LogP contribution in [0, 0.1) is 11.3 Å². The van der Waals surface area contributed by atoms with Crippen LogP contribution in [0.15, 0.2) is 103 Å². The number of hydrogen-bond donors (Lipinski definition) is 0. The Morgan fingerprint density at radius 1 is 0.822 bits per heavy atom. The van der Waals surface area contributed by atoms with Crippen molar-refractivity contribution in [3.05, 3.63) is 119 Å². The van der Waals surface area contributed by atoms with Gasteiger partial charge < -0.3 is 14.1 Å². The molecular weight excluding hydrogens is 571 g/mol. The standard InChI is InChI=1S/C40H57NO3Si/c1-11-32(2)39(6,30-37(42)41(7)8)36(31-44-45(9,10)38(3,4)5)28-21-29-43-40(33-22-15-12-16-23-33,34-24-17-13-18-25-34)35-26-19-14-20-27-35/h11-20,22-27,36H,21,28-31H2,1-10H3/b32-11+/t36-,39-/m1/s1. The molecule has 244 valence electrons. The molecule has 0 aliphatic carbocycles. The number of rotatable bonds is 15. The monoisotopic (exact) mass is 627 g/mol. The first-order chi connectivity index (χ1) is 21.2. The van der Waals surface area contributed by atoms with Gasteiger partial charge in [-0.1, -0.05) is 130 Å². The van der Waals surface area contributed by atoms with E-state index in [1.165, 1.54) is 5.57 Å². The number of allylic oxidation sites excluding steroid dienone is 2. The van der Waals surface area contributed by atoms with Gasteiger partial charge in [0.25, 0.3) is 0 Å². The molecule has 0 saturated heterocycles. The minimum absolute atomic E-state index is 0.104. The van der Waals surface area contributed by atoms with Crippen LogP contribution in [0.4, 0.5) is 0 Å². The van der Waals surface area contributed by atoms with Crippen molar-refractivity contribution in [2.24, 2.45) is 11.3 Å². The smallest absolute Gasteiger partial charge is 0.222 e. The van der Waals surface area contributed by atoms with Crippen molar-refractivity contribution in [2.75, 3.05) is 27.3 Å². The van der Waals surface area contributed by atoms with Gasteiger partial charge in [0.15, 0.2) is 8.32 Å². The summed E-state index contributed by atoms with van der Waals surface area (Å²) in [5, 5.41) is 0.104. The van der Waals surface area contributed by atoms with Crippen molar-refractivity contribution in [3.8, 4) is 0 Å². The quantitative estimate of drug-likeness (QED) is 0.0729. The molecule has 0 aromatic heterocycles. The molecule has 0 N–H and O–H groups in total. The molecule has 0 bridgehead atoms. The third kappa shape index (κ3) is 8.63. The van der Waals surface area contributed by atoms with Crippen LogP contribution in [0.25, 0.3) is 0 Å². The van der Waals surface area contributed by atoms with Crippen molar-refractivity contribution in [1.29, 1.82) is 0 Å². The highest BCUT2D eigenvalue weighted by Crippen LogP contribution is 2.45. The molecule has 0 spiro atoms. The van der Waals surface area contributed by atoms with E-state index < -0.39 is 13.9 Å². The summed E-state index contributed by atoms with van der Waals surface area (Å²) < 4.78 is 14.0. The van der Waals surface area contributed by atoms with E-state index in [9.17, 15) is 4.79 Å². The maximum absolute atomic E-state index is 13.2. The van der Waals surface area contributed by atoms with Gasteiger partial charge in [0.1, 0.15) is 5.60 Å². The van der Waals surface area contributed by atoms with Gasteiger partial charge in [-0.25, -0.2) is 0 Å². The zero-order valence-corrected chi connectivity index (χ0v) is 30.5. The molecule has 0 radical (unpaired) electrons. The first-order valence-electron chi connectivity index (χ1n) is 16.5. The summed E-state index contributed by atoms with van der Waals surface area (Å²) in [4.78, 5) is 14.9. The highest BCUT2D eigenvalue weighted by atomic mass is 28.4. The Morgan fingerprint density at radius 3 is 1.64 bits per heavy atom. The van der Waals surface area contributed by atoms with Crippen LogP contribution < -0.4 is 0 Å². The van der Waals surface area contributed by atoms with E-state index in [0.717, 1.165) is 29.5 Å². The summed E-state index contributed by atoms with van der Waals surface area (Å²) in [6.07, 6.45) is 4.34. The molecule has 3 rings (SSSR count). The normalized spacial score (nSPS) is 14.9. The van der Waals surface area contributed by atoms with Crippen LogP contribution in [-0.2, 0) is 19.6 Å². The lowest BCUT2D eigenvalue weighted by Gasteiger charge is -2.43. The molecule has 0 fully saturated rings. The van der Waals surface area contributed by atoms with Crippen LogP contribution in [0.3, 0.4) is 0 Å². The van der Waals surface area contributed by atoms with Crippen molar-refractivity contribution in [3.63, 3.8) is 0 Å². The lowest BCUT2D eigenvalue weighted by molar-refractivity contribution is -0.131. The lowest BCUT2D eigenvalue weighted by Crippen LogP contribution is -2.45. The van der Waals surface area contributed by atoms with Gasteiger partial charge >= 0.3 is 0 Å². The first kappa shape index (κ1) is 36.5. The molecule has 3 aromatic rings. The van der Waals surface area contributed by atoms with Crippen LogP contribution in [-0.4, -0.2) is 46.4 Å². The third-order valence-electron chi connectivity index (χ3n) is 10.3. The minimum atomic E-state index is -2.01. The molecule has 0 heterocycles. The van der Waals surface area contributed by atoms with E-state index >= 15 is 0 Å². The van der Waals surface area contributed by atoms with Crippen LogP contribution in [0.5, 0.6) is 0 Å². The van der Waals surface area contributed by atoms with Crippen molar-refractivity contribution < 1.29 is 14.0 Å². The Hall–Kier alpha value is -2.99. The van der Waals surface area contributed by atoms with Gasteiger partial charge in [-0.05, 0) is 67.4 Å². The number of carbonyl (C=O) groups is 1. The van der Waals surface area contributed by atoms with E-state index in [-0.39, 0.29) is 22.3 Å². The predicted molar refractivity (Wildman–Crippen MR) is 192 cm³/mol. The van der Waals surface area contributed by atoms with Crippen LogP contribution >= 0.6 is 0 Å². The second-order valence-electron chi connectivity index (χ2n) is 14.4. The fourth-order valence-corrected chi connectivity index (χ4v) is 6.89. The second-order valence-corrected chi connectivity index (χ2v) is 19.2. The Labute approximate surface area is 275 Å². The van der Waals surface area contributed by atoms with Gasteiger partial charge in [-0.2, -0.15) is 0 Å². The first-order valence-corrected chi connectivity index (χ1v) is 19.4. The Morgan fingerprint density at radius 2 is 1.27 bits per heavy atom. The average molecular weight is 628 g/mol. The maximum atomic E-state index is 13.2. The fourth-order valence-electron chi connectivity index (χ4n) is 5.84. The Kier molecular flexibility index (Phi) is 12.6. The molecular formula is C40H57NO3Si. The van der Waals surface area contributed by atoms with Crippen LogP contribution in [0.1, 0.15) is 77.5 Å². The fraction of sp³-hybridized carbons (Fsp3) is 0.475. The summed E-state index contributed by atoms with van der Waals surface area (Å²) >= 11 is 0. The van der Waals surface area contributed by atoms with Gasteiger partial charge in [-0.3, -0.25) is 4.79 Å². The number of benzene rings is 3. The molecule has 0 aliphatic heterocycles. The topological polar surface area (TPSA) is 38.8 Å². The average Bonchev–Trinajstić information content (AvgIpc) is 3.02. The van der Waals surface area contributed by atoms with E-state index in [0.29, 0.717) is 19.6 Å². The predicted octanol–water partition coefficient (Wildman–Crippen LogP) is 9.86. The molecule has 4 nitrogen and oxygen atoms in total. The molecule has 0 unspecified atom stereocenters. The van der Waals surface area contributed by atoms with E-state index in [2.05, 4.69) is 152 Å². The molecule has 2 atom stereocenters. The van der Waals surface area contributed by atoms with Crippen LogP contribution in [0.2, 0.25) is 18.1 Å². The summed E-state index contributed by atoms with van der Waals surface area (Å²) in [6, 6.07) is 31.6. The zero-order valence-electron chi connectivity index (χ0n) is 29.5. The second kappa shape index (κ2) is 15.5. The number of ether oxygens (including phenoxy) is 1. The van der Waals surface area contributed by atoms with Gasteiger partial charge in [0.2, 0.25) is 5.91 Å². The van der Waals surface area contributed by atoms with Gasteiger partial charge in [0.05, 0.1) is 0 Å². The summed E-state index contributed by atoms with van der Waals surface area (Å²) in [7, 11) is 1.68. The summed E-state index contributed by atoms with van der Waals surface area (Å²) in [6.45, 7) is 19.2. The minimum Gasteiger partial charge on any atom is -0.417 e. The zero-order chi connectivity index (χ0) is 33.3. The van der Waals surface area contributed by atoms with E-state index in [1.54, 1.807) is 4.90 Å². The number of carbonyl (C=O) groups excluding carboxylic acids is 1. The molecule has 0 aliphatic rings. The summed E-state index contributed by atoms with van der Waals surface area (Å²) in [5.74, 6) is 0.290. The number of amides is 1. The van der Waals surface area contributed by atoms with Crippen molar-refractivity contribution in [1.82, 2.24) is 4.90 Å². The Bertz CT molecular complexity index is 1270. The van der Waals surface area contributed by atoms with Crippen molar-refractivity contribution in [2.45, 2.75) is 84.5 Å². The van der Waals surface area contributed by atoms with E-state index in [1.807, 2.05) is 14.1 Å². The van der Waals surface area contributed by atoms with E-state index in [4.69, 9.17) is 9.16 Å². The molecule has 3 aromatic carbocycles.